The van der Waals surface area contributed by atoms with Crippen molar-refractivity contribution < 1.29 is 10.2 Å². The molecule has 8 atom stereocenters. The number of rotatable bonds is 1. The number of hydrogen-bond acceptors (Lipinski definition) is 3. The first-order valence-corrected chi connectivity index (χ1v) is 10.1. The lowest BCUT2D eigenvalue weighted by Crippen LogP contribution is -2.66. The molecule has 4 aliphatic rings. The highest BCUT2D eigenvalue weighted by Crippen LogP contribution is 2.68. The molecule has 4 saturated carbocycles. The van der Waals surface area contributed by atoms with E-state index in [9.17, 15) is 10.2 Å². The van der Waals surface area contributed by atoms with Crippen molar-refractivity contribution >= 4 is 0 Å². The molecule has 4 fully saturated rings. The van der Waals surface area contributed by atoms with E-state index >= 15 is 0 Å². The number of hydrogen-bond donors (Lipinski definition) is 3. The van der Waals surface area contributed by atoms with Gasteiger partial charge in [-0.3, -0.25) is 0 Å². The Morgan fingerprint density at radius 1 is 1.00 bits per heavy atom. The Labute approximate surface area is 146 Å². The monoisotopic (exact) mass is 333 g/mol. The number of fused-ring (bicyclic) bond motifs is 5. The molecule has 24 heavy (non-hydrogen) atoms. The average Bonchev–Trinajstić information content (AvgIpc) is 2.80. The third kappa shape index (κ3) is 1.97. The molecule has 3 heteroatoms. The van der Waals surface area contributed by atoms with Crippen LogP contribution in [0.4, 0.5) is 0 Å². The highest BCUT2D eigenvalue weighted by molar-refractivity contribution is 5.22. The van der Waals surface area contributed by atoms with Gasteiger partial charge in [-0.1, -0.05) is 20.4 Å². The summed E-state index contributed by atoms with van der Waals surface area (Å²) in [4.78, 5) is 0. The molecule has 0 radical (unpaired) electrons. The SMILES string of the molecule is C=C(O)[C@@H]1CC[C@]2(N)[C@@H]3CC[C@@H]4C[C@@H](O)CC[C@]4(C)[C@H]3CC[C@]12C. The molecule has 0 saturated heterocycles. The van der Waals surface area contributed by atoms with Gasteiger partial charge in [0.15, 0.2) is 0 Å². The van der Waals surface area contributed by atoms with E-state index in [1.165, 1.54) is 19.3 Å². The molecule has 0 amide bonds. The predicted octanol–water partition coefficient (Wildman–Crippen LogP) is 4.16. The van der Waals surface area contributed by atoms with E-state index in [2.05, 4.69) is 20.4 Å². The van der Waals surface area contributed by atoms with E-state index in [4.69, 9.17) is 5.73 Å². The topological polar surface area (TPSA) is 66.5 Å². The fourth-order valence-corrected chi connectivity index (χ4v) is 7.84. The van der Waals surface area contributed by atoms with Crippen LogP contribution in [0.5, 0.6) is 0 Å². The van der Waals surface area contributed by atoms with Gasteiger partial charge in [0.05, 0.1) is 11.9 Å². The van der Waals surface area contributed by atoms with E-state index in [-0.39, 0.29) is 23.0 Å². The van der Waals surface area contributed by atoms with Gasteiger partial charge in [-0.2, -0.15) is 0 Å². The van der Waals surface area contributed by atoms with Gasteiger partial charge >= 0.3 is 0 Å². The summed E-state index contributed by atoms with van der Waals surface area (Å²) in [6.07, 6.45) is 9.79. The standard InChI is InChI=1S/C21H35NO2/c1-13(23)16-8-11-21(22)18-5-4-14-12-15(24)6-9-19(14,2)17(18)7-10-20(16,21)3/h14-18,23-24H,1,4-12,22H2,2-3H3/t14-,15+,16+,17+,18-,19+,20-,21+/m1/s1. The Morgan fingerprint density at radius 2 is 1.75 bits per heavy atom. The van der Waals surface area contributed by atoms with E-state index in [0.717, 1.165) is 38.5 Å². The first-order valence-electron chi connectivity index (χ1n) is 10.1. The highest BCUT2D eigenvalue weighted by Gasteiger charge is 2.66. The van der Waals surface area contributed by atoms with Gasteiger partial charge in [0.25, 0.3) is 0 Å². The normalized spacial score (nSPS) is 56.9. The van der Waals surface area contributed by atoms with Gasteiger partial charge in [0.1, 0.15) is 0 Å². The molecule has 0 aliphatic heterocycles. The maximum Gasteiger partial charge on any atom is 0.0888 e. The molecule has 4 aliphatic carbocycles. The van der Waals surface area contributed by atoms with Crippen LogP contribution in [0.25, 0.3) is 0 Å². The van der Waals surface area contributed by atoms with Crippen molar-refractivity contribution in [3.63, 3.8) is 0 Å². The summed E-state index contributed by atoms with van der Waals surface area (Å²) in [6.45, 7) is 8.68. The van der Waals surface area contributed by atoms with Crippen LogP contribution in [-0.4, -0.2) is 21.9 Å². The second-order valence-electron chi connectivity index (χ2n) is 10.0. The van der Waals surface area contributed by atoms with Crippen molar-refractivity contribution in [3.8, 4) is 0 Å². The summed E-state index contributed by atoms with van der Waals surface area (Å²) >= 11 is 0. The van der Waals surface area contributed by atoms with Crippen molar-refractivity contribution in [1.29, 1.82) is 0 Å². The zero-order valence-corrected chi connectivity index (χ0v) is 15.4. The van der Waals surface area contributed by atoms with Crippen molar-refractivity contribution in [3.05, 3.63) is 12.3 Å². The predicted molar refractivity (Wildman–Crippen MR) is 96.4 cm³/mol. The van der Waals surface area contributed by atoms with Crippen LogP contribution in [0.1, 0.15) is 71.6 Å². The lowest BCUT2D eigenvalue weighted by molar-refractivity contribution is -0.135. The lowest BCUT2D eigenvalue weighted by Gasteiger charge is -2.64. The van der Waals surface area contributed by atoms with Crippen LogP contribution < -0.4 is 5.73 Å². The Kier molecular flexibility index (Phi) is 3.69. The molecule has 4 rings (SSSR count). The highest BCUT2D eigenvalue weighted by atomic mass is 16.3. The van der Waals surface area contributed by atoms with Gasteiger partial charge in [0.2, 0.25) is 0 Å². The number of nitrogens with two attached hydrogens (primary N) is 1. The molecular weight excluding hydrogens is 298 g/mol. The van der Waals surface area contributed by atoms with Gasteiger partial charge in [-0.05, 0) is 86.4 Å². The largest absolute Gasteiger partial charge is 0.513 e. The fourth-order valence-electron chi connectivity index (χ4n) is 7.84. The minimum absolute atomic E-state index is 0.00260. The van der Waals surface area contributed by atoms with Gasteiger partial charge in [-0.25, -0.2) is 0 Å². The van der Waals surface area contributed by atoms with Crippen LogP contribution in [-0.2, 0) is 0 Å². The molecule has 0 heterocycles. The third-order valence-electron chi connectivity index (χ3n) is 9.38. The van der Waals surface area contributed by atoms with Crippen molar-refractivity contribution in [2.45, 2.75) is 83.3 Å². The second-order valence-corrected chi connectivity index (χ2v) is 10.0. The first-order chi connectivity index (χ1) is 11.2. The molecule has 0 spiro atoms. The quantitative estimate of drug-likeness (QED) is 0.631. The minimum atomic E-state index is -0.156. The molecule has 3 nitrogen and oxygen atoms in total. The maximum atomic E-state index is 10.2. The van der Waals surface area contributed by atoms with E-state index in [1.807, 2.05) is 0 Å². The molecule has 0 unspecified atom stereocenters. The Morgan fingerprint density at radius 3 is 2.46 bits per heavy atom. The van der Waals surface area contributed by atoms with Crippen molar-refractivity contribution in [1.82, 2.24) is 0 Å². The summed E-state index contributed by atoms with van der Waals surface area (Å²) in [7, 11) is 0. The van der Waals surface area contributed by atoms with Crippen LogP contribution in [0.15, 0.2) is 12.3 Å². The Hall–Kier alpha value is -0.540. The second kappa shape index (κ2) is 5.23. The third-order valence-corrected chi connectivity index (χ3v) is 9.38. The Bertz CT molecular complexity index is 548. The lowest BCUT2D eigenvalue weighted by atomic mass is 9.42. The van der Waals surface area contributed by atoms with Crippen molar-refractivity contribution in [2.24, 2.45) is 40.2 Å². The molecule has 0 aromatic heterocycles. The molecule has 136 valence electrons. The summed E-state index contributed by atoms with van der Waals surface area (Å²) < 4.78 is 0. The molecular formula is C21H35NO2. The summed E-state index contributed by atoms with van der Waals surface area (Å²) in [5, 5.41) is 20.3. The summed E-state index contributed by atoms with van der Waals surface area (Å²) in [6, 6.07) is 0. The Balaban J connectivity index is 1.68. The fraction of sp³-hybridized carbons (Fsp3) is 0.905. The number of aliphatic hydroxyl groups excluding tert-OH is 2. The minimum Gasteiger partial charge on any atom is -0.513 e. The summed E-state index contributed by atoms with van der Waals surface area (Å²) in [5.74, 6) is 2.44. The van der Waals surface area contributed by atoms with Crippen LogP contribution in [0.2, 0.25) is 0 Å². The zero-order chi connectivity index (χ0) is 17.3. The van der Waals surface area contributed by atoms with Crippen molar-refractivity contribution in [2.75, 3.05) is 0 Å². The van der Waals surface area contributed by atoms with Crippen LogP contribution in [0, 0.1) is 34.5 Å². The first kappa shape index (κ1) is 16.9. The summed E-state index contributed by atoms with van der Waals surface area (Å²) in [5.41, 5.74) is 7.38. The van der Waals surface area contributed by atoms with E-state index in [0.29, 0.717) is 28.9 Å². The van der Waals surface area contributed by atoms with Crippen LogP contribution >= 0.6 is 0 Å². The molecule has 4 N–H and O–H groups in total. The van der Waals surface area contributed by atoms with Gasteiger partial charge < -0.3 is 15.9 Å². The van der Waals surface area contributed by atoms with E-state index in [1.54, 1.807) is 0 Å². The molecule has 0 bridgehead atoms. The zero-order valence-electron chi connectivity index (χ0n) is 15.4. The molecule has 0 aromatic carbocycles. The maximum absolute atomic E-state index is 10.2. The number of aliphatic hydroxyl groups is 2. The smallest absolute Gasteiger partial charge is 0.0888 e. The average molecular weight is 334 g/mol. The number of allylic oxidation sites excluding steroid dienone is 1. The molecule has 0 aromatic rings. The van der Waals surface area contributed by atoms with Gasteiger partial charge in [0, 0.05) is 11.5 Å². The van der Waals surface area contributed by atoms with Crippen LogP contribution in [0.3, 0.4) is 0 Å². The van der Waals surface area contributed by atoms with Gasteiger partial charge in [-0.15, -0.1) is 0 Å². The van der Waals surface area contributed by atoms with E-state index < -0.39 is 0 Å².